The predicted octanol–water partition coefficient (Wildman–Crippen LogP) is 2.82. The highest BCUT2D eigenvalue weighted by molar-refractivity contribution is 5.75. The van der Waals surface area contributed by atoms with Gasteiger partial charge in [0.25, 0.3) is 0 Å². The molecule has 3 aliphatic heterocycles. The Morgan fingerprint density at radius 2 is 1.71 bits per heavy atom. The summed E-state index contributed by atoms with van der Waals surface area (Å²) in [6.07, 6.45) is 3.43. The van der Waals surface area contributed by atoms with E-state index < -0.39 is 6.23 Å². The molecule has 1 atom stereocenters. The fourth-order valence-corrected chi connectivity index (χ4v) is 5.59. The maximum absolute atomic E-state index is 10.5. The van der Waals surface area contributed by atoms with E-state index in [0.29, 0.717) is 17.2 Å². The second-order valence-electron chi connectivity index (χ2n) is 10.2. The fourth-order valence-electron chi connectivity index (χ4n) is 5.59. The maximum Gasteiger partial charge on any atom is 0.159 e. The van der Waals surface area contributed by atoms with Crippen LogP contribution >= 0.6 is 0 Å². The van der Waals surface area contributed by atoms with E-state index in [-0.39, 0.29) is 11.2 Å². The van der Waals surface area contributed by atoms with E-state index in [1.54, 1.807) is 6.20 Å². The number of benzene rings is 1. The van der Waals surface area contributed by atoms with E-state index >= 15 is 0 Å². The Kier molecular flexibility index (Phi) is 7.22. The van der Waals surface area contributed by atoms with Crippen molar-refractivity contribution in [1.82, 2.24) is 19.9 Å². The van der Waals surface area contributed by atoms with Crippen LogP contribution in [0.15, 0.2) is 48.7 Å². The van der Waals surface area contributed by atoms with E-state index in [0.717, 1.165) is 83.4 Å². The first-order chi connectivity index (χ1) is 18.6. The van der Waals surface area contributed by atoms with Crippen LogP contribution in [0.5, 0.6) is 0 Å². The number of morpholine rings is 1. The van der Waals surface area contributed by atoms with Crippen molar-refractivity contribution >= 4 is 17.3 Å². The summed E-state index contributed by atoms with van der Waals surface area (Å²) in [4.78, 5) is 19.2. The van der Waals surface area contributed by atoms with Gasteiger partial charge in [0.05, 0.1) is 18.9 Å². The van der Waals surface area contributed by atoms with Crippen molar-refractivity contribution in [2.24, 2.45) is 5.73 Å². The minimum Gasteiger partial charge on any atom is -0.381 e. The van der Waals surface area contributed by atoms with Crippen molar-refractivity contribution in [2.75, 3.05) is 56.3 Å². The number of aromatic nitrogens is 3. The van der Waals surface area contributed by atoms with E-state index in [4.69, 9.17) is 25.2 Å². The summed E-state index contributed by atoms with van der Waals surface area (Å²) in [7, 11) is 0. The van der Waals surface area contributed by atoms with Crippen LogP contribution in [0.25, 0.3) is 11.4 Å². The maximum atomic E-state index is 10.5. The van der Waals surface area contributed by atoms with Crippen LogP contribution in [-0.2, 0) is 16.0 Å². The summed E-state index contributed by atoms with van der Waals surface area (Å²) in [6.45, 7) is 6.71. The summed E-state index contributed by atoms with van der Waals surface area (Å²) in [5.41, 5.74) is 9.71. The Labute approximate surface area is 222 Å². The lowest BCUT2D eigenvalue weighted by Crippen LogP contribution is -2.63. The molecule has 5 heterocycles. The Bertz CT molecular complexity index is 1230. The van der Waals surface area contributed by atoms with Gasteiger partial charge in [0.15, 0.2) is 11.6 Å². The van der Waals surface area contributed by atoms with Crippen LogP contribution in [0.4, 0.5) is 17.3 Å². The largest absolute Gasteiger partial charge is 0.381 e. The first-order valence-corrected chi connectivity index (χ1v) is 13.4. The van der Waals surface area contributed by atoms with Crippen molar-refractivity contribution in [2.45, 2.75) is 37.6 Å². The molecule has 38 heavy (non-hydrogen) atoms. The molecule has 3 saturated heterocycles. The summed E-state index contributed by atoms with van der Waals surface area (Å²) < 4.78 is 11.1. The molecule has 0 saturated carbocycles. The average molecular weight is 518 g/mol. The van der Waals surface area contributed by atoms with Crippen molar-refractivity contribution < 1.29 is 14.6 Å². The molecule has 10 heteroatoms. The molecule has 3 aliphatic rings. The molecule has 4 N–H and O–H groups in total. The second kappa shape index (κ2) is 10.9. The Morgan fingerprint density at radius 3 is 2.37 bits per heavy atom. The van der Waals surface area contributed by atoms with Gasteiger partial charge >= 0.3 is 0 Å². The SMILES string of the molecule is NC(O)c1nc(-c2ccccn2)c(N2CCC23CCOCC3)nc1Nc1ccc(CN2CCOCC2)cc1. The highest BCUT2D eigenvalue weighted by atomic mass is 16.5. The van der Waals surface area contributed by atoms with E-state index in [2.05, 4.69) is 32.2 Å². The topological polar surface area (TPSA) is 122 Å². The Hall–Kier alpha value is -3.15. The zero-order chi connectivity index (χ0) is 26.0. The van der Waals surface area contributed by atoms with Gasteiger partial charge in [-0.2, -0.15) is 0 Å². The normalized spacial score (nSPS) is 20.2. The highest BCUT2D eigenvalue weighted by Crippen LogP contribution is 2.45. The number of nitrogens with one attached hydrogen (secondary N) is 1. The van der Waals surface area contributed by atoms with Crippen LogP contribution in [0.3, 0.4) is 0 Å². The second-order valence-corrected chi connectivity index (χ2v) is 10.2. The molecule has 0 bridgehead atoms. The van der Waals surface area contributed by atoms with Gasteiger partial charge in [0.2, 0.25) is 0 Å². The quantitative estimate of drug-likeness (QED) is 0.403. The third kappa shape index (κ3) is 5.10. The molecule has 1 unspecified atom stereocenters. The van der Waals surface area contributed by atoms with Crippen LogP contribution in [0.2, 0.25) is 0 Å². The Morgan fingerprint density at radius 1 is 0.947 bits per heavy atom. The molecule has 3 fully saturated rings. The average Bonchev–Trinajstić information content (AvgIpc) is 2.95. The third-order valence-corrected chi connectivity index (χ3v) is 7.87. The van der Waals surface area contributed by atoms with Gasteiger partial charge in [-0.1, -0.05) is 18.2 Å². The molecule has 10 nitrogen and oxygen atoms in total. The lowest BCUT2D eigenvalue weighted by atomic mass is 9.78. The van der Waals surface area contributed by atoms with Gasteiger partial charge < -0.3 is 30.5 Å². The molecule has 1 spiro atoms. The molecular formula is C28H35N7O3. The number of ether oxygens (including phenoxy) is 2. The van der Waals surface area contributed by atoms with E-state index in [9.17, 15) is 5.11 Å². The molecule has 200 valence electrons. The Balaban J connectivity index is 1.33. The standard InChI is InChI=1S/C28H35N7O3/c29-25(36)24-26(31-21-6-4-20(5-7-21)19-34-13-17-38-18-14-34)33-27(23(32-24)22-3-1-2-11-30-22)35-12-8-28(35)9-15-37-16-10-28/h1-7,11,25,36H,8-10,12-19,29H2,(H,31,33). The number of nitrogens with zero attached hydrogens (tertiary/aromatic N) is 5. The van der Waals surface area contributed by atoms with Crippen LogP contribution in [-0.4, -0.2) is 76.6 Å². The number of aliphatic hydroxyl groups is 1. The third-order valence-electron chi connectivity index (χ3n) is 7.87. The molecule has 0 amide bonds. The number of nitrogens with two attached hydrogens (primary N) is 1. The van der Waals surface area contributed by atoms with Gasteiger partial charge in [-0.05, 0) is 49.1 Å². The van der Waals surface area contributed by atoms with Gasteiger partial charge in [-0.15, -0.1) is 0 Å². The number of hydrogen-bond acceptors (Lipinski definition) is 10. The summed E-state index contributed by atoms with van der Waals surface area (Å²) in [6, 6.07) is 14.0. The van der Waals surface area contributed by atoms with Crippen molar-refractivity contribution in [1.29, 1.82) is 0 Å². The minimum absolute atomic E-state index is 0.0116. The summed E-state index contributed by atoms with van der Waals surface area (Å²) >= 11 is 0. The number of rotatable bonds is 7. The molecule has 2 aromatic heterocycles. The zero-order valence-corrected chi connectivity index (χ0v) is 21.6. The number of aliphatic hydroxyl groups excluding tert-OH is 1. The lowest BCUT2D eigenvalue weighted by molar-refractivity contribution is 0.0285. The first-order valence-electron chi connectivity index (χ1n) is 13.4. The van der Waals surface area contributed by atoms with Gasteiger partial charge in [-0.25, -0.2) is 9.97 Å². The fraction of sp³-hybridized carbons (Fsp3) is 0.464. The van der Waals surface area contributed by atoms with E-state index in [1.807, 2.05) is 30.3 Å². The van der Waals surface area contributed by atoms with Gasteiger partial charge in [-0.3, -0.25) is 9.88 Å². The molecular weight excluding hydrogens is 482 g/mol. The minimum atomic E-state index is -1.30. The monoisotopic (exact) mass is 517 g/mol. The molecule has 6 rings (SSSR count). The molecule has 3 aromatic rings. The van der Waals surface area contributed by atoms with E-state index in [1.165, 1.54) is 5.56 Å². The van der Waals surface area contributed by atoms with Crippen molar-refractivity contribution in [3.8, 4) is 11.4 Å². The summed E-state index contributed by atoms with van der Waals surface area (Å²) in [5.74, 6) is 1.21. The molecule has 1 aromatic carbocycles. The number of hydrogen-bond donors (Lipinski definition) is 3. The van der Waals surface area contributed by atoms with Gasteiger partial charge in [0.1, 0.15) is 17.6 Å². The summed E-state index contributed by atoms with van der Waals surface area (Å²) in [5, 5.41) is 13.9. The molecule has 0 aliphatic carbocycles. The van der Waals surface area contributed by atoms with Crippen LogP contribution in [0.1, 0.15) is 36.7 Å². The highest BCUT2D eigenvalue weighted by Gasteiger charge is 2.47. The van der Waals surface area contributed by atoms with Crippen LogP contribution in [0, 0.1) is 0 Å². The predicted molar refractivity (Wildman–Crippen MR) is 145 cm³/mol. The van der Waals surface area contributed by atoms with Crippen LogP contribution < -0.4 is 16.0 Å². The lowest BCUT2D eigenvalue weighted by Gasteiger charge is -2.55. The van der Waals surface area contributed by atoms with Crippen molar-refractivity contribution in [3.63, 3.8) is 0 Å². The number of pyridine rings is 1. The molecule has 0 radical (unpaired) electrons. The smallest absolute Gasteiger partial charge is 0.159 e. The van der Waals surface area contributed by atoms with Gasteiger partial charge in [0, 0.05) is 56.8 Å². The first kappa shape index (κ1) is 25.1. The zero-order valence-electron chi connectivity index (χ0n) is 21.6. The van der Waals surface area contributed by atoms with Crippen molar-refractivity contribution in [3.05, 3.63) is 59.9 Å². The number of anilines is 3.